The van der Waals surface area contributed by atoms with Gasteiger partial charge in [0.05, 0.1) is 12.7 Å². The van der Waals surface area contributed by atoms with Gasteiger partial charge in [-0.15, -0.1) is 0 Å². The molecule has 1 heterocycles. The Kier molecular flexibility index (Phi) is 10.6. The number of aliphatic carboxylic acids is 1. The Morgan fingerprint density at radius 1 is 1.07 bits per heavy atom. The Morgan fingerprint density at radius 3 is 2.40 bits per heavy atom. The molecule has 0 aliphatic carbocycles. The average Bonchev–Trinajstić information content (AvgIpc) is 3.77. The van der Waals surface area contributed by atoms with Gasteiger partial charge in [-0.25, -0.2) is 14.4 Å². The van der Waals surface area contributed by atoms with Gasteiger partial charge < -0.3 is 25.1 Å². The zero-order valence-corrected chi connectivity index (χ0v) is 22.4. The molecule has 8 heteroatoms. The molecule has 3 aromatic rings. The normalized spacial score (nSPS) is 14.2. The molecule has 1 aliphatic rings. The highest BCUT2D eigenvalue weighted by Crippen LogP contribution is 2.31. The number of hydrogen-bond donors (Lipinski definition) is 3. The van der Waals surface area contributed by atoms with Crippen molar-refractivity contribution < 1.29 is 34.1 Å². The second-order valence-corrected chi connectivity index (χ2v) is 9.30. The first-order valence-electron chi connectivity index (χ1n) is 12.9. The van der Waals surface area contributed by atoms with Crippen molar-refractivity contribution >= 4 is 51.7 Å². The molecular weight excluding hydrogens is 510 g/mol. The van der Waals surface area contributed by atoms with Gasteiger partial charge in [0.2, 0.25) is 0 Å². The topological polar surface area (TPSA) is 137 Å². The van der Waals surface area contributed by atoms with Gasteiger partial charge in [-0.05, 0) is 58.5 Å². The van der Waals surface area contributed by atoms with Crippen LogP contribution in [0.5, 0.6) is 0 Å². The summed E-state index contributed by atoms with van der Waals surface area (Å²) in [5, 5.41) is 28.4. The lowest BCUT2D eigenvalue weighted by Gasteiger charge is -2.12. The Balaban J connectivity index is 0.000000424. The summed E-state index contributed by atoms with van der Waals surface area (Å²) in [5.74, 6) is -2.38. The number of epoxide rings is 1. The fourth-order valence-corrected chi connectivity index (χ4v) is 4.12. The number of rotatable bonds is 11. The maximum Gasteiger partial charge on any atom is 0.341 e. The van der Waals surface area contributed by atoms with Crippen molar-refractivity contribution in [1.29, 1.82) is 5.41 Å². The molecule has 0 bridgehead atoms. The van der Waals surface area contributed by atoms with Gasteiger partial charge in [-0.3, -0.25) is 0 Å². The maximum atomic E-state index is 12.7. The highest BCUT2D eigenvalue weighted by molar-refractivity contribution is 6.15. The van der Waals surface area contributed by atoms with E-state index < -0.39 is 17.9 Å². The first-order valence-corrected chi connectivity index (χ1v) is 12.9. The van der Waals surface area contributed by atoms with E-state index in [0.29, 0.717) is 37.9 Å². The van der Waals surface area contributed by atoms with E-state index in [1.54, 1.807) is 6.08 Å². The number of aliphatic hydroxyl groups excluding tert-OH is 1. The molecular formula is C32H33NO7. The van der Waals surface area contributed by atoms with Crippen LogP contribution >= 0.6 is 0 Å². The van der Waals surface area contributed by atoms with E-state index in [1.165, 1.54) is 6.21 Å². The van der Waals surface area contributed by atoms with Crippen molar-refractivity contribution in [1.82, 2.24) is 0 Å². The Labute approximate surface area is 232 Å². The fourth-order valence-electron chi connectivity index (χ4n) is 4.12. The minimum atomic E-state index is -0.983. The Bertz CT molecular complexity index is 1500. The molecule has 208 valence electrons. The average molecular weight is 544 g/mol. The van der Waals surface area contributed by atoms with Crippen LogP contribution < -0.4 is 0 Å². The van der Waals surface area contributed by atoms with Crippen LogP contribution in [0.3, 0.4) is 0 Å². The third kappa shape index (κ3) is 7.81. The van der Waals surface area contributed by atoms with E-state index in [4.69, 9.17) is 25.1 Å². The molecule has 40 heavy (non-hydrogen) atoms. The molecule has 1 unspecified atom stereocenters. The minimum absolute atomic E-state index is 0.00129. The van der Waals surface area contributed by atoms with Crippen LogP contribution in [0.4, 0.5) is 0 Å². The summed E-state index contributed by atoms with van der Waals surface area (Å²) in [6.45, 7) is 9.44. The molecule has 1 atom stereocenters. The van der Waals surface area contributed by atoms with E-state index >= 15 is 0 Å². The van der Waals surface area contributed by atoms with Crippen molar-refractivity contribution in [3.8, 4) is 0 Å². The number of hydrogen-bond acceptors (Lipinski definition) is 7. The van der Waals surface area contributed by atoms with Crippen LogP contribution in [-0.4, -0.2) is 53.7 Å². The zero-order chi connectivity index (χ0) is 29.2. The summed E-state index contributed by atoms with van der Waals surface area (Å²) in [5.41, 5.74) is 2.35. The van der Waals surface area contributed by atoms with Crippen molar-refractivity contribution in [3.05, 3.63) is 89.5 Å². The monoisotopic (exact) mass is 543 g/mol. The molecule has 0 amide bonds. The summed E-state index contributed by atoms with van der Waals surface area (Å²) in [6, 6.07) is 15.8. The summed E-state index contributed by atoms with van der Waals surface area (Å²) in [4.78, 5) is 34.9. The van der Waals surface area contributed by atoms with E-state index in [-0.39, 0.29) is 23.9 Å². The smallest absolute Gasteiger partial charge is 0.341 e. The SMILES string of the molecule is C=C(CC1CO1)C(=O)OC(=O)C(=Cc1cccc2cc3ccccc3c(C=N)c12)CC.C=C(CCCO)C(=O)O. The van der Waals surface area contributed by atoms with Crippen LogP contribution in [0.25, 0.3) is 27.6 Å². The zero-order valence-electron chi connectivity index (χ0n) is 22.4. The lowest BCUT2D eigenvalue weighted by Crippen LogP contribution is -2.16. The summed E-state index contributed by atoms with van der Waals surface area (Å²) in [7, 11) is 0. The standard InChI is InChI=1S/C26H23NO4.C6H10O3/c1-3-17(26(29)31-25(28)16(2)11-21-15-30-21)12-19-8-6-9-20-13-18-7-4-5-10-22(18)23(14-27)24(19)20;1-5(6(8)9)3-2-4-7/h4-10,12-14,21,27H,2-3,11,15H2,1H3;7H,1-4H2,(H,8,9). The lowest BCUT2D eigenvalue weighted by molar-refractivity contribution is -0.154. The number of esters is 2. The van der Waals surface area contributed by atoms with E-state index in [1.807, 2.05) is 49.4 Å². The van der Waals surface area contributed by atoms with Gasteiger partial charge in [-0.2, -0.15) is 0 Å². The van der Waals surface area contributed by atoms with Crippen LogP contribution in [-0.2, 0) is 23.9 Å². The molecule has 3 N–H and O–H groups in total. The largest absolute Gasteiger partial charge is 0.478 e. The Hall–Kier alpha value is -4.40. The van der Waals surface area contributed by atoms with Gasteiger partial charge in [0.25, 0.3) is 0 Å². The summed E-state index contributed by atoms with van der Waals surface area (Å²) in [6.07, 6.45) is 4.70. The van der Waals surface area contributed by atoms with Crippen LogP contribution in [0.2, 0.25) is 0 Å². The highest BCUT2D eigenvalue weighted by Gasteiger charge is 2.27. The number of ether oxygens (including phenoxy) is 2. The number of carboxylic acids is 1. The number of aliphatic hydroxyl groups is 1. The maximum absolute atomic E-state index is 12.7. The van der Waals surface area contributed by atoms with Crippen LogP contribution in [0.15, 0.2) is 78.4 Å². The molecule has 0 aromatic heterocycles. The summed E-state index contributed by atoms with van der Waals surface area (Å²) < 4.78 is 10.2. The predicted octanol–water partition coefficient (Wildman–Crippen LogP) is 5.60. The van der Waals surface area contributed by atoms with Gasteiger partial charge >= 0.3 is 17.9 Å². The molecule has 0 spiro atoms. The van der Waals surface area contributed by atoms with E-state index in [9.17, 15) is 14.4 Å². The lowest BCUT2D eigenvalue weighted by atomic mass is 9.93. The number of carbonyl (C=O) groups is 3. The first kappa shape index (κ1) is 30.1. The second-order valence-electron chi connectivity index (χ2n) is 9.30. The quantitative estimate of drug-likeness (QED) is 0.0715. The Morgan fingerprint density at radius 2 is 1.77 bits per heavy atom. The number of carbonyl (C=O) groups excluding carboxylic acids is 2. The van der Waals surface area contributed by atoms with Gasteiger partial charge in [0, 0.05) is 41.5 Å². The predicted molar refractivity (Wildman–Crippen MR) is 155 cm³/mol. The second kappa shape index (κ2) is 14.1. The highest BCUT2D eigenvalue weighted by atomic mass is 16.6. The molecule has 0 saturated carbocycles. The van der Waals surface area contributed by atoms with Crippen molar-refractivity contribution in [2.24, 2.45) is 0 Å². The van der Waals surface area contributed by atoms with E-state index in [2.05, 4.69) is 19.2 Å². The molecule has 0 radical (unpaired) electrons. The molecule has 3 aromatic carbocycles. The minimum Gasteiger partial charge on any atom is -0.478 e. The molecule has 1 aliphatic heterocycles. The first-order chi connectivity index (χ1) is 19.2. The molecule has 1 saturated heterocycles. The molecule has 1 fully saturated rings. The summed E-state index contributed by atoms with van der Waals surface area (Å²) >= 11 is 0. The van der Waals surface area contributed by atoms with Gasteiger partial charge in [0.15, 0.2) is 0 Å². The third-order valence-electron chi connectivity index (χ3n) is 6.37. The third-order valence-corrected chi connectivity index (χ3v) is 6.37. The van der Waals surface area contributed by atoms with Crippen molar-refractivity contribution in [2.75, 3.05) is 13.2 Å². The van der Waals surface area contributed by atoms with Gasteiger partial charge in [-0.1, -0.05) is 62.5 Å². The number of benzene rings is 3. The van der Waals surface area contributed by atoms with Crippen molar-refractivity contribution in [2.45, 2.75) is 38.7 Å². The fraction of sp³-hybridized carbons (Fsp3) is 0.250. The van der Waals surface area contributed by atoms with Gasteiger partial charge in [0.1, 0.15) is 0 Å². The number of nitrogens with one attached hydrogen (secondary N) is 1. The molecule has 8 nitrogen and oxygen atoms in total. The van der Waals surface area contributed by atoms with Crippen LogP contribution in [0.1, 0.15) is 43.7 Å². The number of fused-ring (bicyclic) bond motifs is 2. The molecule has 4 rings (SSSR count). The van der Waals surface area contributed by atoms with Crippen LogP contribution in [0, 0.1) is 5.41 Å². The number of carboxylic acid groups (broad SMARTS) is 1. The van der Waals surface area contributed by atoms with Crippen molar-refractivity contribution in [3.63, 3.8) is 0 Å². The van der Waals surface area contributed by atoms with E-state index in [0.717, 1.165) is 32.7 Å².